The van der Waals surface area contributed by atoms with Gasteiger partial charge < -0.3 is 18.6 Å². The first kappa shape index (κ1) is 22.8. The van der Waals surface area contributed by atoms with Crippen LogP contribution in [0, 0.1) is 6.92 Å². The van der Waals surface area contributed by atoms with Gasteiger partial charge >= 0.3 is 11.9 Å². The fourth-order valence-electron chi connectivity index (χ4n) is 3.14. The second-order valence-corrected chi connectivity index (χ2v) is 7.60. The summed E-state index contributed by atoms with van der Waals surface area (Å²) in [7, 11) is 0. The number of hydrogen-bond donors (Lipinski definition) is 0. The van der Waals surface area contributed by atoms with Gasteiger partial charge in [-0.3, -0.25) is 4.79 Å². The van der Waals surface area contributed by atoms with Crippen LogP contribution < -0.4 is 14.9 Å². The van der Waals surface area contributed by atoms with Gasteiger partial charge in [0.15, 0.2) is 0 Å². The first-order valence-electron chi connectivity index (χ1n) is 10.7. The second kappa shape index (κ2) is 10.0. The summed E-state index contributed by atoms with van der Waals surface area (Å²) in [5.74, 6) is -0.331. The van der Waals surface area contributed by atoms with Crippen LogP contribution in [0.4, 0.5) is 0 Å². The number of ether oxygens (including phenoxy) is 3. The molecule has 0 atom stereocenters. The van der Waals surface area contributed by atoms with Gasteiger partial charge in [-0.25, -0.2) is 9.59 Å². The first-order chi connectivity index (χ1) is 16.4. The fraction of sp³-hybridized carbons (Fsp3) is 0.148. The molecule has 4 rings (SSSR count). The highest BCUT2D eigenvalue weighted by Gasteiger charge is 2.14. The van der Waals surface area contributed by atoms with E-state index in [4.69, 9.17) is 18.6 Å². The van der Waals surface area contributed by atoms with E-state index in [1.165, 1.54) is 24.5 Å². The Labute approximate surface area is 195 Å². The van der Waals surface area contributed by atoms with E-state index < -0.39 is 11.9 Å². The average molecular weight is 458 g/mol. The monoisotopic (exact) mass is 458 g/mol. The molecule has 7 nitrogen and oxygen atoms in total. The summed E-state index contributed by atoms with van der Waals surface area (Å²) in [5.41, 5.74) is 1.71. The van der Waals surface area contributed by atoms with Crippen molar-refractivity contribution in [1.82, 2.24) is 0 Å². The third-order valence-electron chi connectivity index (χ3n) is 4.97. The first-order valence-corrected chi connectivity index (χ1v) is 10.7. The van der Waals surface area contributed by atoms with Crippen molar-refractivity contribution in [2.24, 2.45) is 0 Å². The van der Waals surface area contributed by atoms with Crippen molar-refractivity contribution in [3.63, 3.8) is 0 Å². The molecule has 0 saturated heterocycles. The van der Waals surface area contributed by atoms with E-state index in [9.17, 15) is 14.4 Å². The Morgan fingerprint density at radius 2 is 1.50 bits per heavy atom. The van der Waals surface area contributed by atoms with Crippen molar-refractivity contribution < 1.29 is 28.2 Å². The Kier molecular flexibility index (Phi) is 6.73. The van der Waals surface area contributed by atoms with Crippen LogP contribution in [-0.2, 0) is 4.74 Å². The largest absolute Gasteiger partial charge is 0.462 e. The number of esters is 2. The average Bonchev–Trinajstić information content (AvgIpc) is 2.85. The predicted molar refractivity (Wildman–Crippen MR) is 126 cm³/mol. The SMILES string of the molecule is CCCOC(=O)c1ccc(Oc2coc3cc(OC(=O)c4ccc(C)cc4)ccc3c2=O)cc1. The summed E-state index contributed by atoms with van der Waals surface area (Å²) >= 11 is 0. The number of carbonyl (C=O) groups is 2. The molecule has 0 saturated carbocycles. The number of benzene rings is 3. The summed E-state index contributed by atoms with van der Waals surface area (Å²) in [4.78, 5) is 37.1. The van der Waals surface area contributed by atoms with Crippen LogP contribution in [0.25, 0.3) is 11.0 Å². The van der Waals surface area contributed by atoms with Crippen LogP contribution in [0.1, 0.15) is 39.6 Å². The van der Waals surface area contributed by atoms with Crippen molar-refractivity contribution in [3.8, 4) is 17.2 Å². The molecule has 0 aliphatic carbocycles. The van der Waals surface area contributed by atoms with Gasteiger partial charge in [-0.15, -0.1) is 0 Å². The van der Waals surface area contributed by atoms with Crippen LogP contribution in [0.5, 0.6) is 17.2 Å². The summed E-state index contributed by atoms with van der Waals surface area (Å²) in [6, 6.07) is 17.8. The molecule has 4 aromatic rings. The maximum absolute atomic E-state index is 12.8. The molecule has 0 aliphatic rings. The minimum Gasteiger partial charge on any atom is -0.462 e. The molecule has 0 amide bonds. The molecule has 0 radical (unpaired) electrons. The van der Waals surface area contributed by atoms with E-state index in [0.29, 0.717) is 23.5 Å². The van der Waals surface area contributed by atoms with Crippen molar-refractivity contribution in [3.05, 3.63) is 99.9 Å². The van der Waals surface area contributed by atoms with Crippen LogP contribution in [0.2, 0.25) is 0 Å². The lowest BCUT2D eigenvalue weighted by molar-refractivity contribution is 0.0504. The lowest BCUT2D eigenvalue weighted by atomic mass is 10.1. The van der Waals surface area contributed by atoms with Gasteiger partial charge in [-0.1, -0.05) is 24.6 Å². The zero-order valence-corrected chi connectivity index (χ0v) is 18.7. The second-order valence-electron chi connectivity index (χ2n) is 7.60. The van der Waals surface area contributed by atoms with E-state index >= 15 is 0 Å². The molecule has 1 aromatic heterocycles. The number of aryl methyl sites for hydroxylation is 1. The molecule has 7 heteroatoms. The number of hydrogen-bond acceptors (Lipinski definition) is 7. The quantitative estimate of drug-likeness (QED) is 0.260. The number of carbonyl (C=O) groups excluding carboxylic acids is 2. The highest BCUT2D eigenvalue weighted by molar-refractivity contribution is 5.92. The maximum atomic E-state index is 12.8. The minimum atomic E-state index is -0.510. The lowest BCUT2D eigenvalue weighted by Crippen LogP contribution is -2.09. The minimum absolute atomic E-state index is 0.0155. The highest BCUT2D eigenvalue weighted by Crippen LogP contribution is 2.25. The summed E-state index contributed by atoms with van der Waals surface area (Å²) in [6.07, 6.45) is 1.93. The molecular formula is C27H22O7. The fourth-order valence-corrected chi connectivity index (χ4v) is 3.14. The van der Waals surface area contributed by atoms with Crippen LogP contribution in [-0.4, -0.2) is 18.5 Å². The van der Waals surface area contributed by atoms with Gasteiger partial charge in [0.2, 0.25) is 11.2 Å². The molecule has 172 valence electrons. The Hall–Kier alpha value is -4.39. The molecule has 1 heterocycles. The van der Waals surface area contributed by atoms with Crippen molar-refractivity contribution in [2.75, 3.05) is 6.61 Å². The Bertz CT molecular complexity index is 1380. The van der Waals surface area contributed by atoms with E-state index in [0.717, 1.165) is 12.0 Å². The van der Waals surface area contributed by atoms with Gasteiger partial charge in [0.25, 0.3) is 0 Å². The zero-order chi connectivity index (χ0) is 24.1. The highest BCUT2D eigenvalue weighted by atomic mass is 16.5. The third kappa shape index (κ3) is 5.15. The topological polar surface area (TPSA) is 92.0 Å². The van der Waals surface area contributed by atoms with Gasteiger partial charge in [-0.05, 0) is 61.9 Å². The summed E-state index contributed by atoms with van der Waals surface area (Å²) in [5, 5.41) is 0.271. The van der Waals surface area contributed by atoms with Crippen LogP contribution >= 0.6 is 0 Å². The summed E-state index contributed by atoms with van der Waals surface area (Å²) < 4.78 is 21.7. The smallest absolute Gasteiger partial charge is 0.343 e. The van der Waals surface area contributed by atoms with Crippen molar-refractivity contribution in [1.29, 1.82) is 0 Å². The summed E-state index contributed by atoms with van der Waals surface area (Å²) in [6.45, 7) is 4.19. The Morgan fingerprint density at radius 1 is 0.853 bits per heavy atom. The van der Waals surface area contributed by atoms with Gasteiger partial charge in [0.1, 0.15) is 23.3 Å². The molecular weight excluding hydrogens is 436 g/mol. The van der Waals surface area contributed by atoms with Gasteiger partial charge in [-0.2, -0.15) is 0 Å². The molecule has 0 spiro atoms. The molecule has 0 fully saturated rings. The van der Waals surface area contributed by atoms with Crippen molar-refractivity contribution >= 4 is 22.9 Å². The Morgan fingerprint density at radius 3 is 2.21 bits per heavy atom. The van der Waals surface area contributed by atoms with E-state index in [1.807, 2.05) is 26.0 Å². The van der Waals surface area contributed by atoms with Crippen LogP contribution in [0.3, 0.4) is 0 Å². The number of rotatable bonds is 7. The molecule has 0 aliphatic heterocycles. The predicted octanol–water partition coefficient (Wildman–Crippen LogP) is 5.68. The van der Waals surface area contributed by atoms with E-state index in [2.05, 4.69) is 0 Å². The van der Waals surface area contributed by atoms with Gasteiger partial charge in [0, 0.05) is 6.07 Å². The van der Waals surface area contributed by atoms with E-state index in [1.54, 1.807) is 36.4 Å². The third-order valence-corrected chi connectivity index (χ3v) is 4.97. The standard InChI is InChI=1S/C27H22O7/c1-3-14-31-26(29)18-8-10-20(11-9-18)33-24-16-32-23-15-21(12-13-22(23)25(24)28)34-27(30)19-6-4-17(2)5-7-19/h4-13,15-16H,3,14H2,1-2H3. The van der Waals surface area contributed by atoms with Gasteiger partial charge in [0.05, 0.1) is 23.1 Å². The maximum Gasteiger partial charge on any atom is 0.343 e. The molecule has 0 N–H and O–H groups in total. The Balaban J connectivity index is 1.49. The molecule has 0 bridgehead atoms. The van der Waals surface area contributed by atoms with E-state index in [-0.39, 0.29) is 27.9 Å². The lowest BCUT2D eigenvalue weighted by Gasteiger charge is -2.08. The normalized spacial score (nSPS) is 10.6. The molecule has 0 unspecified atom stereocenters. The molecule has 3 aromatic carbocycles. The zero-order valence-electron chi connectivity index (χ0n) is 18.7. The van der Waals surface area contributed by atoms with Crippen LogP contribution in [0.15, 0.2) is 82.2 Å². The molecule has 34 heavy (non-hydrogen) atoms. The van der Waals surface area contributed by atoms with Crippen molar-refractivity contribution in [2.45, 2.75) is 20.3 Å². The number of fused-ring (bicyclic) bond motifs is 1.